The predicted octanol–water partition coefficient (Wildman–Crippen LogP) is 6.03. The number of para-hydroxylation sites is 1. The lowest BCUT2D eigenvalue weighted by Crippen LogP contribution is -2.44. The van der Waals surface area contributed by atoms with Gasteiger partial charge in [-0.05, 0) is 54.2 Å². The van der Waals surface area contributed by atoms with Crippen LogP contribution in [-0.2, 0) is 11.3 Å². The van der Waals surface area contributed by atoms with Gasteiger partial charge in [-0.1, -0.05) is 65.8 Å². The van der Waals surface area contributed by atoms with E-state index in [1.807, 2.05) is 35.0 Å². The molecule has 1 aliphatic rings. The molecular formula is C26H17ClFN3O2S2. The number of fused-ring (bicyclic) bond motifs is 1. The summed E-state index contributed by atoms with van der Waals surface area (Å²) >= 11 is 12.7. The molecule has 0 radical (unpaired) electrons. The Morgan fingerprint density at radius 3 is 2.60 bits per heavy atom. The van der Waals surface area contributed by atoms with Crippen LogP contribution in [0.15, 0.2) is 83.9 Å². The van der Waals surface area contributed by atoms with Crippen LogP contribution in [0.3, 0.4) is 0 Å². The molecule has 5 nitrogen and oxygen atoms in total. The number of thioether (sulfide) groups is 1. The number of benzene rings is 3. The highest BCUT2D eigenvalue weighted by atomic mass is 35.5. The number of aromatic nitrogens is 1. The van der Waals surface area contributed by atoms with Gasteiger partial charge in [0, 0.05) is 39.8 Å². The maximum Gasteiger partial charge on any atom is 0.285 e. The Kier molecular flexibility index (Phi) is 6.42. The third-order valence-corrected chi connectivity index (χ3v) is 7.16. The monoisotopic (exact) mass is 521 g/mol. The minimum absolute atomic E-state index is 0.243. The van der Waals surface area contributed by atoms with E-state index < -0.39 is 17.6 Å². The van der Waals surface area contributed by atoms with Gasteiger partial charge in [-0.15, -0.1) is 0 Å². The van der Waals surface area contributed by atoms with Crippen LogP contribution >= 0.6 is 35.6 Å². The second-order valence-corrected chi connectivity index (χ2v) is 9.87. The summed E-state index contributed by atoms with van der Waals surface area (Å²) in [4.78, 5) is 26.0. The number of carbonyl (C=O) groups excluding carboxylic acids is 2. The predicted molar refractivity (Wildman–Crippen MR) is 141 cm³/mol. The van der Waals surface area contributed by atoms with Crippen molar-refractivity contribution in [3.05, 3.63) is 111 Å². The zero-order valence-electron chi connectivity index (χ0n) is 18.1. The average Bonchev–Trinajstić information content (AvgIpc) is 3.33. The summed E-state index contributed by atoms with van der Waals surface area (Å²) in [5.41, 5.74) is 5.54. The van der Waals surface area contributed by atoms with Gasteiger partial charge in [0.15, 0.2) is 4.32 Å². The van der Waals surface area contributed by atoms with Gasteiger partial charge in [-0.25, -0.2) is 4.39 Å². The van der Waals surface area contributed by atoms with Crippen molar-refractivity contribution >= 4 is 68.7 Å². The number of halogens is 2. The molecule has 174 valence electrons. The molecule has 9 heteroatoms. The van der Waals surface area contributed by atoms with Gasteiger partial charge in [0.05, 0.1) is 4.91 Å². The van der Waals surface area contributed by atoms with Crippen LogP contribution < -0.4 is 5.43 Å². The first-order valence-corrected chi connectivity index (χ1v) is 12.2. The number of amides is 2. The normalized spacial score (nSPS) is 14.8. The number of thiocarbonyl (C=S) groups is 1. The lowest BCUT2D eigenvalue weighted by Gasteiger charge is -2.15. The molecule has 1 fully saturated rings. The van der Waals surface area contributed by atoms with E-state index >= 15 is 0 Å². The van der Waals surface area contributed by atoms with Crippen molar-refractivity contribution in [3.8, 4) is 0 Å². The largest absolute Gasteiger partial charge is 0.342 e. The van der Waals surface area contributed by atoms with Gasteiger partial charge in [-0.3, -0.25) is 15.0 Å². The fourth-order valence-electron chi connectivity index (χ4n) is 3.82. The summed E-state index contributed by atoms with van der Waals surface area (Å²) in [6.45, 7) is 0.432. The van der Waals surface area contributed by atoms with Gasteiger partial charge in [0.2, 0.25) is 0 Å². The first-order chi connectivity index (χ1) is 16.9. The van der Waals surface area contributed by atoms with E-state index in [-0.39, 0.29) is 4.32 Å². The van der Waals surface area contributed by atoms with Gasteiger partial charge < -0.3 is 4.57 Å². The molecule has 0 saturated carbocycles. The number of carbonyl (C=O) groups is 2. The molecule has 1 saturated heterocycles. The molecule has 2 heterocycles. The molecule has 35 heavy (non-hydrogen) atoms. The second-order valence-electron chi connectivity index (χ2n) is 7.79. The fourth-order valence-corrected chi connectivity index (χ4v) is 5.21. The van der Waals surface area contributed by atoms with Gasteiger partial charge in [0.25, 0.3) is 11.8 Å². The third kappa shape index (κ3) is 4.73. The van der Waals surface area contributed by atoms with Crippen LogP contribution in [0.5, 0.6) is 0 Å². The molecule has 0 bridgehead atoms. The highest BCUT2D eigenvalue weighted by Crippen LogP contribution is 2.34. The molecule has 0 unspecified atom stereocenters. The number of hydrazine groups is 1. The van der Waals surface area contributed by atoms with E-state index in [1.165, 1.54) is 12.1 Å². The van der Waals surface area contributed by atoms with Crippen molar-refractivity contribution in [3.63, 3.8) is 0 Å². The highest BCUT2D eigenvalue weighted by Gasteiger charge is 2.34. The highest BCUT2D eigenvalue weighted by molar-refractivity contribution is 8.26. The van der Waals surface area contributed by atoms with Crippen molar-refractivity contribution in [2.75, 3.05) is 0 Å². The Balaban J connectivity index is 1.44. The molecule has 0 aliphatic carbocycles. The smallest absolute Gasteiger partial charge is 0.285 e. The molecule has 2 amide bonds. The van der Waals surface area contributed by atoms with Crippen LogP contribution in [-0.4, -0.2) is 25.7 Å². The maximum atomic E-state index is 13.5. The molecule has 0 spiro atoms. The van der Waals surface area contributed by atoms with Crippen molar-refractivity contribution in [2.24, 2.45) is 0 Å². The zero-order valence-corrected chi connectivity index (χ0v) is 20.5. The van der Waals surface area contributed by atoms with Crippen LogP contribution in [0.4, 0.5) is 4.39 Å². The van der Waals surface area contributed by atoms with E-state index in [9.17, 15) is 14.0 Å². The van der Waals surface area contributed by atoms with Crippen molar-refractivity contribution in [1.82, 2.24) is 15.0 Å². The number of hydrogen-bond acceptors (Lipinski definition) is 4. The molecule has 0 atom stereocenters. The second kappa shape index (κ2) is 9.65. The van der Waals surface area contributed by atoms with Crippen LogP contribution in [0.2, 0.25) is 5.02 Å². The SMILES string of the molecule is O=C(NN1C(=O)/C(=C/c2cn(Cc3ccc(F)cc3Cl)c3ccccc23)SC1=S)c1ccccc1. The first-order valence-electron chi connectivity index (χ1n) is 10.6. The maximum absolute atomic E-state index is 13.5. The summed E-state index contributed by atoms with van der Waals surface area (Å²) in [6.07, 6.45) is 3.68. The van der Waals surface area contributed by atoms with E-state index in [1.54, 1.807) is 42.5 Å². The minimum Gasteiger partial charge on any atom is -0.342 e. The van der Waals surface area contributed by atoms with Crippen LogP contribution in [0, 0.1) is 5.82 Å². The summed E-state index contributed by atoms with van der Waals surface area (Å²) in [5, 5.41) is 2.38. The van der Waals surface area contributed by atoms with E-state index in [0.717, 1.165) is 38.8 Å². The Morgan fingerprint density at radius 2 is 1.83 bits per heavy atom. The summed E-state index contributed by atoms with van der Waals surface area (Å²) in [6, 6.07) is 20.7. The Morgan fingerprint density at radius 1 is 1.09 bits per heavy atom. The standard InChI is InChI=1S/C26H17ClFN3O2S2/c27-21-13-19(28)11-10-17(21)14-30-15-18(20-8-4-5-9-22(20)30)12-23-25(33)31(26(34)35-23)29-24(32)16-6-2-1-3-7-16/h1-13,15H,14H2,(H,29,32)/b23-12-. The average molecular weight is 522 g/mol. The first kappa shape index (κ1) is 23.3. The molecule has 5 rings (SSSR count). The topological polar surface area (TPSA) is 54.3 Å². The molecular weight excluding hydrogens is 505 g/mol. The fraction of sp³-hybridized carbons (Fsp3) is 0.0385. The van der Waals surface area contributed by atoms with Crippen molar-refractivity contribution in [1.29, 1.82) is 0 Å². The van der Waals surface area contributed by atoms with Gasteiger partial charge in [-0.2, -0.15) is 5.01 Å². The minimum atomic E-state index is -0.420. The lowest BCUT2D eigenvalue weighted by atomic mass is 10.1. The van der Waals surface area contributed by atoms with Gasteiger partial charge >= 0.3 is 0 Å². The van der Waals surface area contributed by atoms with E-state index in [2.05, 4.69) is 5.43 Å². The zero-order chi connectivity index (χ0) is 24.5. The summed E-state index contributed by atoms with van der Waals surface area (Å²) in [5.74, 6) is -1.21. The Hall–Kier alpha value is -3.46. The number of nitrogens with zero attached hydrogens (tertiary/aromatic N) is 2. The van der Waals surface area contributed by atoms with E-state index in [4.69, 9.17) is 23.8 Å². The quantitative estimate of drug-likeness (QED) is 0.257. The van der Waals surface area contributed by atoms with Crippen molar-refractivity contribution < 1.29 is 14.0 Å². The van der Waals surface area contributed by atoms with Crippen molar-refractivity contribution in [2.45, 2.75) is 6.54 Å². The molecule has 1 aliphatic heterocycles. The van der Waals surface area contributed by atoms with Gasteiger partial charge in [0.1, 0.15) is 5.82 Å². The van der Waals surface area contributed by atoms with E-state index in [0.29, 0.717) is 22.0 Å². The molecule has 3 aromatic carbocycles. The molecule has 1 N–H and O–H groups in total. The number of hydrogen-bond donors (Lipinski definition) is 1. The summed E-state index contributed by atoms with van der Waals surface area (Å²) < 4.78 is 15.7. The summed E-state index contributed by atoms with van der Waals surface area (Å²) in [7, 11) is 0. The third-order valence-electron chi connectivity index (χ3n) is 5.50. The lowest BCUT2D eigenvalue weighted by molar-refractivity contribution is -0.123. The number of nitrogens with one attached hydrogen (secondary N) is 1. The number of rotatable bonds is 5. The molecule has 1 aromatic heterocycles. The Bertz CT molecular complexity index is 1520. The molecule has 4 aromatic rings. The van der Waals surface area contributed by atoms with Crippen LogP contribution in [0.1, 0.15) is 21.5 Å². The Labute approximate surface area is 215 Å². The van der Waals surface area contributed by atoms with Crippen LogP contribution in [0.25, 0.3) is 17.0 Å².